The van der Waals surface area contributed by atoms with E-state index in [-0.39, 0.29) is 19.1 Å². The highest BCUT2D eigenvalue weighted by Gasteiger charge is 2.28. The van der Waals surface area contributed by atoms with Gasteiger partial charge in [0.05, 0.1) is 5.92 Å². The highest BCUT2D eigenvalue weighted by atomic mass is 16.5. The zero-order valence-electron chi connectivity index (χ0n) is 14.1. The third-order valence-corrected chi connectivity index (χ3v) is 4.61. The van der Waals surface area contributed by atoms with E-state index in [1.54, 1.807) is 6.92 Å². The molecule has 0 spiro atoms. The Morgan fingerprint density at radius 2 is 1.64 bits per heavy atom. The van der Waals surface area contributed by atoms with Crippen LogP contribution in [0.4, 0.5) is 4.79 Å². The van der Waals surface area contributed by atoms with Gasteiger partial charge in [-0.25, -0.2) is 4.79 Å². The number of hydrogen-bond donors (Lipinski definition) is 2. The number of ether oxygens (including phenoxy) is 1. The summed E-state index contributed by atoms with van der Waals surface area (Å²) < 4.78 is 5.38. The highest BCUT2D eigenvalue weighted by molar-refractivity contribution is 5.79. The number of carboxylic acids is 1. The quantitative estimate of drug-likeness (QED) is 0.842. The lowest BCUT2D eigenvalue weighted by Gasteiger charge is -2.15. The number of benzene rings is 2. The van der Waals surface area contributed by atoms with Gasteiger partial charge in [0.2, 0.25) is 0 Å². The molecule has 0 aliphatic heterocycles. The summed E-state index contributed by atoms with van der Waals surface area (Å²) in [6.45, 7) is 2.15. The maximum absolute atomic E-state index is 11.9. The molecule has 1 atom stereocenters. The normalized spacial score (nSPS) is 13.6. The highest BCUT2D eigenvalue weighted by Crippen LogP contribution is 2.44. The van der Waals surface area contributed by atoms with Crippen molar-refractivity contribution in [3.8, 4) is 11.1 Å². The minimum atomic E-state index is -0.866. The molecule has 2 aromatic rings. The Balaban J connectivity index is 1.60. The van der Waals surface area contributed by atoms with Crippen LogP contribution in [0.5, 0.6) is 0 Å². The van der Waals surface area contributed by atoms with Crippen molar-refractivity contribution < 1.29 is 19.4 Å². The molecule has 1 amide bonds. The lowest BCUT2D eigenvalue weighted by atomic mass is 9.98. The number of alkyl carbamates (subject to hydrolysis) is 1. The molecule has 130 valence electrons. The van der Waals surface area contributed by atoms with Crippen LogP contribution in [0.3, 0.4) is 0 Å². The molecule has 0 radical (unpaired) electrons. The van der Waals surface area contributed by atoms with E-state index in [1.165, 1.54) is 11.1 Å². The van der Waals surface area contributed by atoms with Gasteiger partial charge in [-0.3, -0.25) is 4.79 Å². The average Bonchev–Trinajstić information content (AvgIpc) is 2.94. The molecule has 5 heteroatoms. The molecule has 1 aliphatic rings. The van der Waals surface area contributed by atoms with Crippen molar-refractivity contribution in [1.82, 2.24) is 5.32 Å². The van der Waals surface area contributed by atoms with E-state index in [0.717, 1.165) is 11.1 Å². The fourth-order valence-electron chi connectivity index (χ4n) is 3.16. The molecule has 3 rings (SSSR count). The predicted octanol–water partition coefficient (Wildman–Crippen LogP) is 3.64. The van der Waals surface area contributed by atoms with Gasteiger partial charge in [0.1, 0.15) is 6.61 Å². The Labute approximate surface area is 146 Å². The fraction of sp³-hybridized carbons (Fsp3) is 0.300. The van der Waals surface area contributed by atoms with Crippen LogP contribution in [0.2, 0.25) is 0 Å². The fourth-order valence-corrected chi connectivity index (χ4v) is 3.16. The summed E-state index contributed by atoms with van der Waals surface area (Å²) >= 11 is 0. The standard InChI is InChI=1S/C20H21NO4/c1-13(19(22)23)10-11-21-20(24)25-12-18-16-8-4-2-6-14(16)15-7-3-5-9-17(15)18/h2-9,13,18H,10-12H2,1H3,(H,21,24)(H,22,23). The minimum Gasteiger partial charge on any atom is -0.481 e. The van der Waals surface area contributed by atoms with Crippen molar-refractivity contribution in [2.24, 2.45) is 5.92 Å². The smallest absolute Gasteiger partial charge is 0.407 e. The van der Waals surface area contributed by atoms with Gasteiger partial charge in [0, 0.05) is 12.5 Å². The van der Waals surface area contributed by atoms with Gasteiger partial charge < -0.3 is 15.2 Å². The molecular weight excluding hydrogens is 318 g/mol. The van der Waals surface area contributed by atoms with Gasteiger partial charge in [0.15, 0.2) is 0 Å². The molecule has 1 unspecified atom stereocenters. The SMILES string of the molecule is CC(CCNC(=O)OCC1c2ccccc2-c2ccccc21)C(=O)O. The van der Waals surface area contributed by atoms with Gasteiger partial charge in [0.25, 0.3) is 0 Å². The number of carbonyl (C=O) groups excluding carboxylic acids is 1. The summed E-state index contributed by atoms with van der Waals surface area (Å²) in [5, 5.41) is 11.5. The first-order chi connectivity index (χ1) is 12.1. The van der Waals surface area contributed by atoms with E-state index in [9.17, 15) is 9.59 Å². The summed E-state index contributed by atoms with van der Waals surface area (Å²) in [5.41, 5.74) is 4.69. The van der Waals surface area contributed by atoms with E-state index in [2.05, 4.69) is 29.6 Å². The topological polar surface area (TPSA) is 75.6 Å². The van der Waals surface area contributed by atoms with Crippen molar-refractivity contribution in [2.75, 3.05) is 13.2 Å². The van der Waals surface area contributed by atoms with Crippen LogP contribution in [-0.2, 0) is 9.53 Å². The van der Waals surface area contributed by atoms with Crippen LogP contribution in [0.25, 0.3) is 11.1 Å². The first-order valence-corrected chi connectivity index (χ1v) is 8.39. The molecule has 1 aliphatic carbocycles. The third-order valence-electron chi connectivity index (χ3n) is 4.61. The van der Waals surface area contributed by atoms with Crippen molar-refractivity contribution in [2.45, 2.75) is 19.3 Å². The molecule has 0 saturated heterocycles. The van der Waals surface area contributed by atoms with E-state index in [1.807, 2.05) is 24.3 Å². The Morgan fingerprint density at radius 1 is 1.08 bits per heavy atom. The monoisotopic (exact) mass is 339 g/mol. The molecule has 0 bridgehead atoms. The summed E-state index contributed by atoms with van der Waals surface area (Å²) in [6.07, 6.45) is -0.140. The number of hydrogen-bond acceptors (Lipinski definition) is 3. The molecule has 2 aromatic carbocycles. The van der Waals surface area contributed by atoms with Gasteiger partial charge in [-0.15, -0.1) is 0 Å². The molecular formula is C20H21NO4. The maximum atomic E-state index is 11.9. The second kappa shape index (κ2) is 7.38. The van der Waals surface area contributed by atoms with E-state index >= 15 is 0 Å². The van der Waals surface area contributed by atoms with Crippen LogP contribution >= 0.6 is 0 Å². The number of fused-ring (bicyclic) bond motifs is 3. The molecule has 0 aromatic heterocycles. The van der Waals surface area contributed by atoms with Crippen molar-refractivity contribution in [1.29, 1.82) is 0 Å². The van der Waals surface area contributed by atoms with Crippen LogP contribution in [0, 0.1) is 5.92 Å². The summed E-state index contributed by atoms with van der Waals surface area (Å²) in [5.74, 6) is -1.33. The number of amides is 1. The Hall–Kier alpha value is -2.82. The summed E-state index contributed by atoms with van der Waals surface area (Å²) in [7, 11) is 0. The molecule has 0 saturated carbocycles. The van der Waals surface area contributed by atoms with Gasteiger partial charge in [-0.1, -0.05) is 55.5 Å². The largest absolute Gasteiger partial charge is 0.481 e. The number of nitrogens with one attached hydrogen (secondary N) is 1. The summed E-state index contributed by atoms with van der Waals surface area (Å²) in [4.78, 5) is 22.7. The van der Waals surface area contributed by atoms with Crippen LogP contribution in [0.1, 0.15) is 30.4 Å². The van der Waals surface area contributed by atoms with Crippen LogP contribution in [0.15, 0.2) is 48.5 Å². The molecule has 0 heterocycles. The second-order valence-electron chi connectivity index (χ2n) is 6.28. The molecule has 2 N–H and O–H groups in total. The van der Waals surface area contributed by atoms with Crippen molar-refractivity contribution in [3.63, 3.8) is 0 Å². The Morgan fingerprint density at radius 3 is 2.20 bits per heavy atom. The molecule has 25 heavy (non-hydrogen) atoms. The van der Waals surface area contributed by atoms with E-state index < -0.39 is 18.0 Å². The second-order valence-corrected chi connectivity index (χ2v) is 6.28. The van der Waals surface area contributed by atoms with Crippen molar-refractivity contribution >= 4 is 12.1 Å². The number of rotatable bonds is 6. The average molecular weight is 339 g/mol. The van der Waals surface area contributed by atoms with E-state index in [0.29, 0.717) is 6.42 Å². The van der Waals surface area contributed by atoms with Gasteiger partial charge >= 0.3 is 12.1 Å². The first kappa shape index (κ1) is 17.0. The maximum Gasteiger partial charge on any atom is 0.407 e. The zero-order valence-corrected chi connectivity index (χ0v) is 14.1. The van der Waals surface area contributed by atoms with E-state index in [4.69, 9.17) is 9.84 Å². The van der Waals surface area contributed by atoms with Crippen LogP contribution in [-0.4, -0.2) is 30.3 Å². The number of aliphatic carboxylic acids is 1. The Bertz CT molecular complexity index is 741. The third kappa shape index (κ3) is 3.65. The summed E-state index contributed by atoms with van der Waals surface area (Å²) in [6, 6.07) is 16.3. The lowest BCUT2D eigenvalue weighted by Crippen LogP contribution is -2.28. The minimum absolute atomic E-state index is 0.0242. The molecule has 0 fully saturated rings. The number of carboxylic acid groups (broad SMARTS) is 1. The lowest BCUT2D eigenvalue weighted by molar-refractivity contribution is -0.141. The van der Waals surface area contributed by atoms with Crippen LogP contribution < -0.4 is 5.32 Å². The zero-order chi connectivity index (χ0) is 17.8. The number of carbonyl (C=O) groups is 2. The predicted molar refractivity (Wildman–Crippen MR) is 94.5 cm³/mol. The van der Waals surface area contributed by atoms with Crippen molar-refractivity contribution in [3.05, 3.63) is 59.7 Å². The first-order valence-electron chi connectivity index (χ1n) is 8.39. The van der Waals surface area contributed by atoms with Gasteiger partial charge in [-0.2, -0.15) is 0 Å². The van der Waals surface area contributed by atoms with Gasteiger partial charge in [-0.05, 0) is 28.7 Å². The Kier molecular flexibility index (Phi) is 5.03. The molecule has 5 nitrogen and oxygen atoms in total.